The van der Waals surface area contributed by atoms with Crippen molar-refractivity contribution in [2.45, 2.75) is 32.6 Å². The number of fused-ring (bicyclic) bond motifs is 1. The lowest BCUT2D eigenvalue weighted by molar-refractivity contribution is -0.123. The summed E-state index contributed by atoms with van der Waals surface area (Å²) in [4.78, 5) is 12.0. The van der Waals surface area contributed by atoms with Crippen molar-refractivity contribution < 1.29 is 9.21 Å². The van der Waals surface area contributed by atoms with E-state index in [1.54, 1.807) is 18.4 Å². The van der Waals surface area contributed by atoms with Crippen molar-refractivity contribution in [1.82, 2.24) is 5.43 Å². The average Bonchev–Trinajstić information content (AvgIpc) is 2.71. The summed E-state index contributed by atoms with van der Waals surface area (Å²) in [7, 11) is 0. The summed E-state index contributed by atoms with van der Waals surface area (Å²) >= 11 is 0. The molecule has 0 unspecified atom stereocenters. The minimum Gasteiger partial charge on any atom is -0.463 e. The van der Waals surface area contributed by atoms with Gasteiger partial charge in [0, 0.05) is 5.92 Å². The fourth-order valence-corrected chi connectivity index (χ4v) is 3.44. The van der Waals surface area contributed by atoms with E-state index in [1.807, 2.05) is 0 Å². The molecular formula is C14H18N2O2. The molecule has 2 aliphatic carbocycles. The van der Waals surface area contributed by atoms with Gasteiger partial charge in [0.1, 0.15) is 5.76 Å². The van der Waals surface area contributed by atoms with Crippen LogP contribution < -0.4 is 5.43 Å². The molecule has 18 heavy (non-hydrogen) atoms. The highest BCUT2D eigenvalue weighted by Crippen LogP contribution is 2.66. The first-order chi connectivity index (χ1) is 8.72. The number of nitrogens with one attached hydrogen (secondary N) is 1. The zero-order valence-corrected chi connectivity index (χ0v) is 10.6. The van der Waals surface area contributed by atoms with Crippen molar-refractivity contribution in [3.8, 4) is 0 Å². The first-order valence-corrected chi connectivity index (χ1v) is 6.58. The molecule has 2 aliphatic rings. The molecule has 0 aromatic carbocycles. The second-order valence-electron chi connectivity index (χ2n) is 5.59. The van der Waals surface area contributed by atoms with Gasteiger partial charge in [0.2, 0.25) is 5.91 Å². The number of hydrogen-bond acceptors (Lipinski definition) is 3. The Labute approximate surface area is 106 Å². The lowest BCUT2D eigenvalue weighted by Crippen LogP contribution is -2.22. The van der Waals surface area contributed by atoms with E-state index < -0.39 is 0 Å². The van der Waals surface area contributed by atoms with E-state index in [9.17, 15) is 4.79 Å². The molecule has 0 spiro atoms. The Morgan fingerprint density at radius 2 is 2.50 bits per heavy atom. The van der Waals surface area contributed by atoms with Crippen molar-refractivity contribution in [3.05, 3.63) is 24.2 Å². The van der Waals surface area contributed by atoms with Gasteiger partial charge in [-0.25, -0.2) is 5.43 Å². The first-order valence-electron chi connectivity index (χ1n) is 6.58. The first kappa shape index (κ1) is 11.5. The van der Waals surface area contributed by atoms with Crippen LogP contribution in [0.15, 0.2) is 27.9 Å². The predicted octanol–water partition coefficient (Wildman–Crippen LogP) is 2.56. The van der Waals surface area contributed by atoms with Gasteiger partial charge >= 0.3 is 0 Å². The van der Waals surface area contributed by atoms with E-state index in [-0.39, 0.29) is 17.2 Å². The highest BCUT2D eigenvalue weighted by Gasteiger charge is 2.64. The minimum atomic E-state index is 0.0622. The molecule has 1 heterocycles. The van der Waals surface area contributed by atoms with E-state index in [1.165, 1.54) is 31.9 Å². The van der Waals surface area contributed by atoms with Crippen LogP contribution in [0.2, 0.25) is 0 Å². The molecule has 3 atom stereocenters. The van der Waals surface area contributed by atoms with Crippen LogP contribution in [0, 0.1) is 17.3 Å². The molecule has 0 saturated heterocycles. The Balaban J connectivity index is 1.57. The highest BCUT2D eigenvalue weighted by molar-refractivity contribution is 5.85. The number of nitrogens with zero attached hydrogens (tertiary/aromatic N) is 1. The molecule has 1 amide bonds. The zero-order chi connectivity index (χ0) is 12.6. The zero-order valence-electron chi connectivity index (χ0n) is 10.6. The lowest BCUT2D eigenvalue weighted by Gasteiger charge is -2.15. The van der Waals surface area contributed by atoms with Crippen LogP contribution in [-0.4, -0.2) is 12.1 Å². The normalized spacial score (nSPS) is 34.3. The second-order valence-corrected chi connectivity index (χ2v) is 5.59. The maximum absolute atomic E-state index is 12.0. The Morgan fingerprint density at radius 1 is 1.61 bits per heavy atom. The third-order valence-electron chi connectivity index (χ3n) is 4.52. The third kappa shape index (κ3) is 1.85. The van der Waals surface area contributed by atoms with Crippen molar-refractivity contribution in [2.24, 2.45) is 22.4 Å². The standard InChI is InChI=1S/C14H18N2O2/c1-14-7-3-2-6-11(14)12(14)13(17)16-15-9-10-5-4-8-18-10/h4-5,8-9,11-12H,2-3,6-7H2,1H3,(H,16,17)/b15-9-/t11-,12-,14-/m0/s1. The van der Waals surface area contributed by atoms with Gasteiger partial charge in [0.05, 0.1) is 12.5 Å². The molecule has 3 rings (SSSR count). The van der Waals surface area contributed by atoms with Crippen molar-refractivity contribution >= 4 is 12.1 Å². The Hall–Kier alpha value is -1.58. The van der Waals surface area contributed by atoms with Gasteiger partial charge < -0.3 is 4.42 Å². The number of carbonyl (C=O) groups is 1. The van der Waals surface area contributed by atoms with Gasteiger partial charge in [-0.2, -0.15) is 5.10 Å². The SMILES string of the molecule is C[C@]12CCCC[C@H]1[C@H]2C(=O)N/N=C\c1ccco1. The molecule has 4 nitrogen and oxygen atoms in total. The van der Waals surface area contributed by atoms with E-state index in [0.29, 0.717) is 11.7 Å². The molecule has 4 heteroatoms. The van der Waals surface area contributed by atoms with Crippen LogP contribution in [0.1, 0.15) is 38.4 Å². The Bertz CT molecular complexity index is 466. The summed E-state index contributed by atoms with van der Waals surface area (Å²) in [6.45, 7) is 2.23. The van der Waals surface area contributed by atoms with Crippen LogP contribution in [-0.2, 0) is 4.79 Å². The van der Waals surface area contributed by atoms with Crippen molar-refractivity contribution in [1.29, 1.82) is 0 Å². The maximum atomic E-state index is 12.0. The van der Waals surface area contributed by atoms with Gasteiger partial charge in [0.15, 0.2) is 0 Å². The molecule has 96 valence electrons. The molecule has 2 fully saturated rings. The topological polar surface area (TPSA) is 54.6 Å². The quantitative estimate of drug-likeness (QED) is 0.658. The van der Waals surface area contributed by atoms with Crippen LogP contribution in [0.5, 0.6) is 0 Å². The van der Waals surface area contributed by atoms with Crippen LogP contribution in [0.3, 0.4) is 0 Å². The summed E-state index contributed by atoms with van der Waals surface area (Å²) < 4.78 is 5.11. The number of furan rings is 1. The summed E-state index contributed by atoms with van der Waals surface area (Å²) in [5.41, 5.74) is 2.87. The van der Waals surface area contributed by atoms with Crippen molar-refractivity contribution in [3.63, 3.8) is 0 Å². The molecule has 0 radical (unpaired) electrons. The van der Waals surface area contributed by atoms with E-state index >= 15 is 0 Å². The van der Waals surface area contributed by atoms with Crippen LogP contribution in [0.4, 0.5) is 0 Å². The fraction of sp³-hybridized carbons (Fsp3) is 0.571. The van der Waals surface area contributed by atoms with E-state index in [0.717, 1.165) is 0 Å². The summed E-state index contributed by atoms with van der Waals surface area (Å²) in [6.07, 6.45) is 8.01. The predicted molar refractivity (Wildman–Crippen MR) is 68.0 cm³/mol. The fourth-order valence-electron chi connectivity index (χ4n) is 3.44. The van der Waals surface area contributed by atoms with Crippen LogP contribution in [0.25, 0.3) is 0 Å². The molecule has 1 aromatic heterocycles. The largest absolute Gasteiger partial charge is 0.463 e. The summed E-state index contributed by atoms with van der Waals surface area (Å²) in [5, 5.41) is 3.95. The van der Waals surface area contributed by atoms with Gasteiger partial charge in [-0.15, -0.1) is 0 Å². The molecule has 1 N–H and O–H groups in total. The number of hydrogen-bond donors (Lipinski definition) is 1. The monoisotopic (exact) mass is 246 g/mol. The average molecular weight is 246 g/mol. The number of rotatable bonds is 3. The molecule has 1 aromatic rings. The maximum Gasteiger partial charge on any atom is 0.244 e. The number of carbonyl (C=O) groups excluding carboxylic acids is 1. The van der Waals surface area contributed by atoms with Gasteiger partial charge in [0.25, 0.3) is 0 Å². The molecule has 2 saturated carbocycles. The highest BCUT2D eigenvalue weighted by atomic mass is 16.3. The van der Waals surface area contributed by atoms with Gasteiger partial charge in [-0.1, -0.05) is 19.8 Å². The minimum absolute atomic E-state index is 0.0622. The third-order valence-corrected chi connectivity index (χ3v) is 4.52. The van der Waals surface area contributed by atoms with E-state index in [4.69, 9.17) is 4.42 Å². The van der Waals surface area contributed by atoms with Crippen molar-refractivity contribution in [2.75, 3.05) is 0 Å². The Morgan fingerprint density at radius 3 is 3.17 bits per heavy atom. The smallest absolute Gasteiger partial charge is 0.244 e. The van der Waals surface area contributed by atoms with Crippen LogP contribution >= 0.6 is 0 Å². The second kappa shape index (κ2) is 4.26. The molecular weight excluding hydrogens is 228 g/mol. The van der Waals surface area contributed by atoms with Gasteiger partial charge in [-0.05, 0) is 36.3 Å². The van der Waals surface area contributed by atoms with Gasteiger partial charge in [-0.3, -0.25) is 4.79 Å². The summed E-state index contributed by atoms with van der Waals surface area (Å²) in [5.74, 6) is 1.45. The molecule has 0 bridgehead atoms. The van der Waals surface area contributed by atoms with E-state index in [2.05, 4.69) is 17.5 Å². The number of amides is 1. The Kier molecular flexibility index (Phi) is 2.73. The molecule has 0 aliphatic heterocycles. The lowest BCUT2D eigenvalue weighted by atomic mass is 9.90. The number of hydrazone groups is 1. The summed E-state index contributed by atoms with van der Waals surface area (Å²) in [6, 6.07) is 3.59.